The van der Waals surface area contributed by atoms with Crippen LogP contribution in [0.4, 0.5) is 0 Å². The number of hydrogen-bond acceptors (Lipinski definition) is 4. The van der Waals surface area contributed by atoms with Gasteiger partial charge in [-0.2, -0.15) is 5.10 Å². The number of halogens is 2. The number of ether oxygens (including phenoxy) is 2. The minimum Gasteiger partial charge on any atom is -0.493 e. The number of nitrogens with zero attached hydrogens (tertiary/aromatic N) is 1. The highest BCUT2D eigenvalue weighted by Gasteiger charge is 2.12. The van der Waals surface area contributed by atoms with Crippen LogP contribution in [0.5, 0.6) is 11.5 Å². The molecule has 0 saturated carbocycles. The van der Waals surface area contributed by atoms with Crippen molar-refractivity contribution in [2.24, 2.45) is 5.10 Å². The van der Waals surface area contributed by atoms with Crippen LogP contribution in [0.25, 0.3) is 0 Å². The van der Waals surface area contributed by atoms with Gasteiger partial charge in [0.05, 0.1) is 16.9 Å². The lowest BCUT2D eigenvalue weighted by atomic mass is 10.2. The molecule has 8 heteroatoms. The SMILES string of the molecule is C=CCNC(=S)N/N=C\c1cc(I)c(OCc2ccccc2Cl)c(OC)c1. The van der Waals surface area contributed by atoms with Crippen molar-refractivity contribution in [2.45, 2.75) is 6.61 Å². The normalized spacial score (nSPS) is 10.5. The molecule has 0 radical (unpaired) electrons. The molecule has 0 bridgehead atoms. The number of methoxy groups -OCH3 is 1. The minimum absolute atomic E-state index is 0.351. The van der Waals surface area contributed by atoms with Gasteiger partial charge in [-0.3, -0.25) is 5.43 Å². The second kappa shape index (κ2) is 11.1. The summed E-state index contributed by atoms with van der Waals surface area (Å²) >= 11 is 13.5. The van der Waals surface area contributed by atoms with Gasteiger partial charge in [0.15, 0.2) is 16.6 Å². The fraction of sp³-hybridized carbons (Fsp3) is 0.158. The van der Waals surface area contributed by atoms with Crippen molar-refractivity contribution in [2.75, 3.05) is 13.7 Å². The van der Waals surface area contributed by atoms with Crippen LogP contribution in [0.3, 0.4) is 0 Å². The molecule has 0 aliphatic carbocycles. The number of thiocarbonyl (C=S) groups is 1. The summed E-state index contributed by atoms with van der Waals surface area (Å²) in [4.78, 5) is 0. The average molecular weight is 516 g/mol. The Morgan fingerprint density at radius 1 is 1.37 bits per heavy atom. The summed E-state index contributed by atoms with van der Waals surface area (Å²) in [6, 6.07) is 11.4. The van der Waals surface area contributed by atoms with Gasteiger partial charge in [0.25, 0.3) is 0 Å². The molecule has 0 atom stereocenters. The van der Waals surface area contributed by atoms with Gasteiger partial charge in [-0.15, -0.1) is 6.58 Å². The molecule has 0 aliphatic heterocycles. The van der Waals surface area contributed by atoms with Crippen molar-refractivity contribution in [3.8, 4) is 11.5 Å². The fourth-order valence-electron chi connectivity index (χ4n) is 2.09. The Morgan fingerprint density at radius 2 is 2.15 bits per heavy atom. The maximum absolute atomic E-state index is 6.19. The van der Waals surface area contributed by atoms with Crippen LogP contribution in [0.15, 0.2) is 54.2 Å². The standard InChI is InChI=1S/C19H19ClIN3O2S/c1-3-8-22-19(27)24-23-11-13-9-16(21)18(17(10-13)25-2)26-12-14-6-4-5-7-15(14)20/h3-7,9-11H,1,8,12H2,2H3,(H2,22,24,27)/b23-11-. The number of hydrogen-bond donors (Lipinski definition) is 2. The zero-order valence-corrected chi connectivity index (χ0v) is 18.4. The molecule has 0 spiro atoms. The number of benzene rings is 2. The maximum Gasteiger partial charge on any atom is 0.187 e. The molecule has 2 N–H and O–H groups in total. The van der Waals surface area contributed by atoms with Crippen molar-refractivity contribution in [1.82, 2.24) is 10.7 Å². The molecule has 2 aromatic rings. The zero-order valence-electron chi connectivity index (χ0n) is 14.7. The lowest BCUT2D eigenvalue weighted by Crippen LogP contribution is -2.31. The molecule has 0 saturated heterocycles. The van der Waals surface area contributed by atoms with Crippen molar-refractivity contribution in [1.29, 1.82) is 0 Å². The van der Waals surface area contributed by atoms with Gasteiger partial charge >= 0.3 is 0 Å². The summed E-state index contributed by atoms with van der Waals surface area (Å²) in [7, 11) is 1.60. The Hall–Kier alpha value is -1.84. The Labute approximate surface area is 182 Å². The number of nitrogens with one attached hydrogen (secondary N) is 2. The van der Waals surface area contributed by atoms with Gasteiger partial charge < -0.3 is 14.8 Å². The van der Waals surface area contributed by atoms with E-state index >= 15 is 0 Å². The second-order valence-corrected chi connectivity index (χ2v) is 7.26. The highest BCUT2D eigenvalue weighted by molar-refractivity contribution is 14.1. The van der Waals surface area contributed by atoms with Crippen LogP contribution < -0.4 is 20.2 Å². The summed E-state index contributed by atoms with van der Waals surface area (Å²) in [5.74, 6) is 1.27. The van der Waals surface area contributed by atoms with Crippen molar-refractivity contribution in [3.05, 3.63) is 68.8 Å². The highest BCUT2D eigenvalue weighted by Crippen LogP contribution is 2.34. The van der Waals surface area contributed by atoms with E-state index in [0.717, 1.165) is 14.7 Å². The smallest absolute Gasteiger partial charge is 0.187 e. The van der Waals surface area contributed by atoms with Crippen LogP contribution >= 0.6 is 46.4 Å². The summed E-state index contributed by atoms with van der Waals surface area (Å²) < 4.78 is 12.3. The van der Waals surface area contributed by atoms with Gasteiger partial charge in [-0.05, 0) is 58.6 Å². The molecule has 0 amide bonds. The lowest BCUT2D eigenvalue weighted by molar-refractivity contribution is 0.282. The molecule has 2 rings (SSSR count). The molecule has 27 heavy (non-hydrogen) atoms. The second-order valence-electron chi connectivity index (χ2n) is 5.28. The number of rotatable bonds is 8. The first kappa shape index (κ1) is 21.5. The summed E-state index contributed by atoms with van der Waals surface area (Å²) in [5, 5.41) is 8.14. The molecule has 142 valence electrons. The minimum atomic E-state index is 0.351. The molecule has 0 fully saturated rings. The van der Waals surface area contributed by atoms with E-state index in [2.05, 4.69) is 45.0 Å². The first-order chi connectivity index (χ1) is 13.0. The topological polar surface area (TPSA) is 54.9 Å². The monoisotopic (exact) mass is 515 g/mol. The van der Waals surface area contributed by atoms with Crippen molar-refractivity contribution < 1.29 is 9.47 Å². The predicted molar refractivity (Wildman–Crippen MR) is 123 cm³/mol. The van der Waals surface area contributed by atoms with Crippen molar-refractivity contribution in [3.63, 3.8) is 0 Å². The molecule has 0 heterocycles. The third-order valence-corrected chi connectivity index (χ3v) is 4.77. The van der Waals surface area contributed by atoms with Gasteiger partial charge in [0.1, 0.15) is 6.61 Å². The third kappa shape index (κ3) is 6.67. The van der Waals surface area contributed by atoms with Gasteiger partial charge in [-0.25, -0.2) is 0 Å². The average Bonchev–Trinajstić information content (AvgIpc) is 2.66. The predicted octanol–water partition coefficient (Wildman–Crippen LogP) is 4.52. The van der Waals surface area contributed by atoms with E-state index in [0.29, 0.717) is 34.8 Å². The molecule has 0 aliphatic rings. The van der Waals surface area contributed by atoms with Gasteiger partial charge in [0, 0.05) is 17.1 Å². The van der Waals surface area contributed by atoms with Crippen molar-refractivity contribution >= 4 is 57.7 Å². The van der Waals surface area contributed by atoms with E-state index < -0.39 is 0 Å². The van der Waals surface area contributed by atoms with E-state index in [1.807, 2.05) is 36.4 Å². The summed E-state index contributed by atoms with van der Waals surface area (Å²) in [5.41, 5.74) is 4.50. The van der Waals surface area contributed by atoms with E-state index in [9.17, 15) is 0 Å². The maximum atomic E-state index is 6.19. The molecule has 0 unspecified atom stereocenters. The first-order valence-corrected chi connectivity index (χ1v) is 9.83. The Bertz CT molecular complexity index is 846. The lowest BCUT2D eigenvalue weighted by Gasteiger charge is -2.14. The molecule has 5 nitrogen and oxygen atoms in total. The fourth-order valence-corrected chi connectivity index (χ4v) is 3.20. The van der Waals surface area contributed by atoms with Crippen LogP contribution in [-0.2, 0) is 6.61 Å². The summed E-state index contributed by atoms with van der Waals surface area (Å²) in [6.07, 6.45) is 3.37. The van der Waals surface area contributed by atoms with E-state index in [-0.39, 0.29) is 0 Å². The molecular weight excluding hydrogens is 497 g/mol. The largest absolute Gasteiger partial charge is 0.493 e. The zero-order chi connectivity index (χ0) is 19.6. The Kier molecular flexibility index (Phi) is 8.83. The van der Waals surface area contributed by atoms with Crippen LogP contribution in [0.1, 0.15) is 11.1 Å². The first-order valence-electron chi connectivity index (χ1n) is 7.96. The quantitative estimate of drug-likeness (QED) is 0.178. The molecule has 2 aromatic carbocycles. The number of hydrazone groups is 1. The molecular formula is C19H19ClIN3O2S. The van der Waals surface area contributed by atoms with E-state index in [1.54, 1.807) is 19.4 Å². The van der Waals surface area contributed by atoms with Gasteiger partial charge in [0.2, 0.25) is 0 Å². The van der Waals surface area contributed by atoms with E-state index in [1.165, 1.54) is 0 Å². The summed E-state index contributed by atoms with van der Waals surface area (Å²) in [6.45, 7) is 4.54. The Balaban J connectivity index is 2.08. The van der Waals surface area contributed by atoms with Crippen LogP contribution in [-0.4, -0.2) is 25.0 Å². The molecule has 0 aromatic heterocycles. The van der Waals surface area contributed by atoms with E-state index in [4.69, 9.17) is 33.3 Å². The highest BCUT2D eigenvalue weighted by atomic mass is 127. The van der Waals surface area contributed by atoms with Crippen LogP contribution in [0, 0.1) is 3.57 Å². The third-order valence-electron chi connectivity index (χ3n) is 3.37. The van der Waals surface area contributed by atoms with Crippen LogP contribution in [0.2, 0.25) is 5.02 Å². The Morgan fingerprint density at radius 3 is 2.85 bits per heavy atom. The van der Waals surface area contributed by atoms with Gasteiger partial charge in [-0.1, -0.05) is 35.9 Å².